The van der Waals surface area contributed by atoms with Crippen molar-refractivity contribution in [3.63, 3.8) is 0 Å². The number of nitrogens with one attached hydrogen (secondary N) is 5. The Morgan fingerprint density at radius 3 is 1.73 bits per heavy atom. The minimum Gasteiger partial charge on any atom is -0.508 e. The van der Waals surface area contributed by atoms with Crippen LogP contribution in [0.25, 0.3) is 11.1 Å². The number of benzene rings is 6. The van der Waals surface area contributed by atoms with Gasteiger partial charge in [0.1, 0.15) is 23.9 Å². The number of ketones is 1. The van der Waals surface area contributed by atoms with Crippen LogP contribution in [0.4, 0.5) is 5.69 Å². The Balaban J connectivity index is 1.23. The molecule has 7 N–H and O–H groups in total. The van der Waals surface area contributed by atoms with Crippen LogP contribution in [0.3, 0.4) is 0 Å². The van der Waals surface area contributed by atoms with Gasteiger partial charge in [0.05, 0.1) is 6.04 Å². The molecule has 0 fully saturated rings. The first-order chi connectivity index (χ1) is 34.3. The van der Waals surface area contributed by atoms with Gasteiger partial charge in [-0.2, -0.15) is 0 Å². The molecule has 0 spiro atoms. The van der Waals surface area contributed by atoms with Crippen molar-refractivity contribution in [2.24, 2.45) is 5.92 Å². The summed E-state index contributed by atoms with van der Waals surface area (Å²) in [6.07, 6.45) is -0.403. The summed E-state index contributed by atoms with van der Waals surface area (Å²) in [5.74, 6) is -6.02. The maximum atomic E-state index is 14.8. The second-order valence-corrected chi connectivity index (χ2v) is 17.8. The first kappa shape index (κ1) is 50.5. The Kier molecular flexibility index (Phi) is 17.6. The Morgan fingerprint density at radius 1 is 0.549 bits per heavy atom. The van der Waals surface area contributed by atoms with E-state index in [1.54, 1.807) is 60.7 Å². The van der Waals surface area contributed by atoms with Crippen LogP contribution in [0, 0.1) is 5.92 Å². The van der Waals surface area contributed by atoms with E-state index in [0.29, 0.717) is 34.4 Å². The van der Waals surface area contributed by atoms with E-state index in [-0.39, 0.29) is 50.7 Å². The van der Waals surface area contributed by atoms with Gasteiger partial charge in [-0.1, -0.05) is 140 Å². The predicted octanol–water partition coefficient (Wildman–Crippen LogP) is 6.29. The number of hydrogen-bond donors (Lipinski definition) is 7. The molecule has 2 aliphatic rings. The number of fused-ring (bicyclic) bond motifs is 18. The molecule has 2 heterocycles. The van der Waals surface area contributed by atoms with Crippen molar-refractivity contribution in [2.75, 3.05) is 5.32 Å². The van der Waals surface area contributed by atoms with Gasteiger partial charge < -0.3 is 36.8 Å². The van der Waals surface area contributed by atoms with E-state index in [2.05, 4.69) is 26.6 Å². The summed E-state index contributed by atoms with van der Waals surface area (Å²) in [5, 5.41) is 34.1. The van der Waals surface area contributed by atoms with Gasteiger partial charge in [0.2, 0.25) is 29.5 Å². The highest BCUT2D eigenvalue weighted by Crippen LogP contribution is 2.22. The number of phenolic OH excluding ortho intramolecular Hbond substituents is 1. The van der Waals surface area contributed by atoms with Gasteiger partial charge in [0, 0.05) is 43.7 Å². The van der Waals surface area contributed by atoms with Crippen LogP contribution in [0.5, 0.6) is 5.75 Å². The lowest BCUT2D eigenvalue weighted by Gasteiger charge is -2.27. The normalized spacial score (nSPS) is 18.7. The van der Waals surface area contributed by atoms with Crippen molar-refractivity contribution >= 4 is 47.0 Å². The maximum Gasteiger partial charge on any atom is 0.326 e. The number of amides is 5. The Bertz CT molecular complexity index is 2770. The van der Waals surface area contributed by atoms with Gasteiger partial charge in [0.15, 0.2) is 5.78 Å². The van der Waals surface area contributed by atoms with Gasteiger partial charge >= 0.3 is 5.97 Å². The molecule has 0 saturated carbocycles. The van der Waals surface area contributed by atoms with Crippen molar-refractivity contribution < 1.29 is 43.8 Å². The third-order valence-electron chi connectivity index (χ3n) is 12.4. The Hall–Kier alpha value is -8.39. The minimum atomic E-state index is -1.39. The maximum absolute atomic E-state index is 14.8. The number of hydrogen-bond acceptors (Lipinski definition) is 8. The van der Waals surface area contributed by atoms with E-state index in [9.17, 15) is 43.8 Å². The number of carboxylic acids is 1. The van der Waals surface area contributed by atoms with E-state index < -0.39 is 77.8 Å². The molecule has 5 amide bonds. The number of aryl methyl sites for hydroxylation is 1. The van der Waals surface area contributed by atoms with E-state index >= 15 is 0 Å². The van der Waals surface area contributed by atoms with Crippen molar-refractivity contribution in [3.05, 3.63) is 192 Å². The van der Waals surface area contributed by atoms with Crippen LogP contribution >= 0.6 is 0 Å². The molecule has 0 aliphatic carbocycles. The molecule has 0 unspecified atom stereocenters. The molecule has 71 heavy (non-hydrogen) atoms. The second kappa shape index (κ2) is 24.8. The second-order valence-electron chi connectivity index (χ2n) is 17.8. The number of aromatic hydroxyl groups is 1. The van der Waals surface area contributed by atoms with Crippen LogP contribution in [0.2, 0.25) is 0 Å². The summed E-state index contributed by atoms with van der Waals surface area (Å²) in [7, 11) is 0. The van der Waals surface area contributed by atoms with E-state index in [0.717, 1.165) is 16.7 Å². The largest absolute Gasteiger partial charge is 0.508 e. The number of rotatable bonds is 13. The molecule has 2 aliphatic heterocycles. The fourth-order valence-corrected chi connectivity index (χ4v) is 8.50. The molecule has 0 aromatic heterocycles. The highest BCUT2D eigenvalue weighted by atomic mass is 16.4. The Labute approximate surface area is 412 Å². The lowest BCUT2D eigenvalue weighted by Crippen LogP contribution is -2.57. The highest BCUT2D eigenvalue weighted by Gasteiger charge is 2.34. The average molecular weight is 956 g/mol. The topological polar surface area (TPSA) is 220 Å². The van der Waals surface area contributed by atoms with E-state index in [1.165, 1.54) is 12.1 Å². The van der Waals surface area contributed by atoms with Crippen LogP contribution in [0.15, 0.2) is 164 Å². The van der Waals surface area contributed by atoms with Crippen LogP contribution in [-0.4, -0.2) is 75.7 Å². The van der Waals surface area contributed by atoms with Crippen molar-refractivity contribution in [3.8, 4) is 16.9 Å². The molecule has 2 bridgehead atoms. The van der Waals surface area contributed by atoms with Gasteiger partial charge in [-0.3, -0.25) is 28.8 Å². The number of anilines is 1. The molecule has 8 rings (SSSR count). The molecule has 14 nitrogen and oxygen atoms in total. The fraction of sp³-hybridized carbons (Fsp3) is 0.246. The number of carbonyl (C=O) groups is 7. The van der Waals surface area contributed by atoms with Crippen molar-refractivity contribution in [1.29, 1.82) is 0 Å². The highest BCUT2D eigenvalue weighted by molar-refractivity contribution is 5.97. The smallest absolute Gasteiger partial charge is 0.326 e. The number of aliphatic carboxylic acids is 1. The molecular weight excluding hydrogens is 899 g/mol. The first-order valence-electron chi connectivity index (χ1n) is 23.7. The van der Waals surface area contributed by atoms with Crippen LogP contribution in [-0.2, 0) is 65.7 Å². The summed E-state index contributed by atoms with van der Waals surface area (Å²) in [6, 6.07) is 43.2. The summed E-state index contributed by atoms with van der Waals surface area (Å²) in [4.78, 5) is 97.7. The van der Waals surface area contributed by atoms with E-state index in [1.807, 2.05) is 91.0 Å². The van der Waals surface area contributed by atoms with Crippen LogP contribution in [0.1, 0.15) is 53.5 Å². The number of Topliss-reactive ketones (excluding diaryl/α,β-unsaturated/α-hetero) is 1. The summed E-state index contributed by atoms with van der Waals surface area (Å²) >= 11 is 0. The van der Waals surface area contributed by atoms with Crippen molar-refractivity contribution in [2.45, 2.75) is 82.0 Å². The lowest BCUT2D eigenvalue weighted by atomic mass is 9.89. The molecule has 6 aromatic carbocycles. The fourth-order valence-electron chi connectivity index (χ4n) is 8.50. The number of phenols is 1. The lowest BCUT2D eigenvalue weighted by molar-refractivity contribution is -0.142. The predicted molar refractivity (Wildman–Crippen MR) is 269 cm³/mol. The molecule has 5 atom stereocenters. The zero-order valence-electron chi connectivity index (χ0n) is 39.1. The zero-order chi connectivity index (χ0) is 50.1. The van der Waals surface area contributed by atoms with Gasteiger partial charge in [-0.15, -0.1) is 0 Å². The van der Waals surface area contributed by atoms with Gasteiger partial charge in [-0.05, 0) is 88.9 Å². The molecule has 0 radical (unpaired) electrons. The quantitative estimate of drug-likeness (QED) is 0.0646. The van der Waals surface area contributed by atoms with E-state index in [4.69, 9.17) is 0 Å². The summed E-state index contributed by atoms with van der Waals surface area (Å²) in [5.41, 5.74) is 5.78. The van der Waals surface area contributed by atoms with Crippen LogP contribution < -0.4 is 26.6 Å². The third-order valence-corrected chi connectivity index (χ3v) is 12.4. The average Bonchev–Trinajstić information content (AvgIpc) is 3.38. The molecule has 6 aromatic rings. The molecule has 364 valence electrons. The number of carboxylic acid groups (broad SMARTS) is 1. The Morgan fingerprint density at radius 2 is 1.08 bits per heavy atom. The first-order valence-corrected chi connectivity index (χ1v) is 23.7. The zero-order valence-corrected chi connectivity index (χ0v) is 39.1. The number of carbonyl (C=O) groups excluding carboxylic acids is 6. The monoisotopic (exact) mass is 955 g/mol. The summed E-state index contributed by atoms with van der Waals surface area (Å²) < 4.78 is 0. The SMILES string of the molecule is O=C1CCC(=O)N[C@H](CCc2ccccc2)C(=O)N[C@@H](Cc2ccc(-c3ccccc3)cc2)C(=O)N[C@H](Cc2ccccc2)C(=O)C[C@H](C(=O)N[C@@H](Cc2ccc(O)cc2)C(=O)O)Cc2ccc(cc2)N1. The minimum absolute atomic E-state index is 0.00310. The molecule has 0 saturated heterocycles. The van der Waals surface area contributed by atoms with Crippen molar-refractivity contribution in [1.82, 2.24) is 21.3 Å². The van der Waals surface area contributed by atoms with Gasteiger partial charge in [0.25, 0.3) is 0 Å². The standard InChI is InChI=1S/C57H57N5O9/c63-46-27-20-41(21-28-46)35-50(57(70)71)62-54(67)44-32-39-18-25-45(26-19-39)58-52(65)30-31-53(66)59-47(29-22-37-10-4-1-5-11-37)55(68)61-49(34-40-16-23-43(24-17-40)42-14-8-3-9-15-42)56(69)60-48(51(64)36-44)33-38-12-6-2-7-13-38/h1-21,23-28,44,47-50,63H,22,29-36H2,(H,58,65)(H,59,66)(H,60,69)(H,61,68)(H,62,67)(H,70,71)/t44-,47-,48-,49+,50+/m1/s1. The van der Waals surface area contributed by atoms with Gasteiger partial charge in [-0.25, -0.2) is 4.79 Å². The third kappa shape index (κ3) is 15.3. The molecular formula is C57H57N5O9. The summed E-state index contributed by atoms with van der Waals surface area (Å²) in [6.45, 7) is 0. The molecule has 14 heteroatoms.